The van der Waals surface area contributed by atoms with Crippen LogP contribution in [0.4, 0.5) is 0 Å². The van der Waals surface area contributed by atoms with E-state index in [0.29, 0.717) is 5.56 Å². The summed E-state index contributed by atoms with van der Waals surface area (Å²) in [7, 11) is 0. The summed E-state index contributed by atoms with van der Waals surface area (Å²) in [5, 5.41) is 12.9. The number of imidazole rings is 1. The number of H-pyrrole nitrogens is 1. The topological polar surface area (TPSA) is 52.5 Å². The first-order chi connectivity index (χ1) is 7.86. The number of benzene rings is 1. The van der Waals surface area contributed by atoms with Crippen LogP contribution in [0.25, 0.3) is 22.4 Å². The number of fused-ring (bicyclic) bond motifs is 1. The Morgan fingerprint density at radius 1 is 1.31 bits per heavy atom. The second-order valence-corrected chi connectivity index (χ2v) is 4.22. The molecule has 2 aromatic heterocycles. The first-order valence-electron chi connectivity index (χ1n) is 4.79. The minimum absolute atomic E-state index is 0.646. The number of nitrogens with one attached hydrogen (secondary N) is 1. The quantitative estimate of drug-likeness (QED) is 0.691. The predicted octanol–water partition coefficient (Wildman–Crippen LogP) is 3.16. The van der Waals surface area contributed by atoms with E-state index in [-0.39, 0.29) is 0 Å². The zero-order valence-corrected chi connectivity index (χ0v) is 9.08. The summed E-state index contributed by atoms with van der Waals surface area (Å²) >= 11 is 1.64. The van der Waals surface area contributed by atoms with E-state index in [4.69, 9.17) is 5.26 Å². The highest BCUT2D eigenvalue weighted by atomic mass is 32.1. The highest BCUT2D eigenvalue weighted by Crippen LogP contribution is 2.22. The summed E-state index contributed by atoms with van der Waals surface area (Å²) in [4.78, 5) is 7.69. The summed E-state index contributed by atoms with van der Waals surface area (Å²) in [5.41, 5.74) is 3.52. The van der Waals surface area contributed by atoms with Gasteiger partial charge in [-0.2, -0.15) is 16.6 Å². The number of hydrogen-bond donors (Lipinski definition) is 1. The molecule has 1 N–H and O–H groups in total. The Hall–Kier alpha value is -2.12. The van der Waals surface area contributed by atoms with Crippen molar-refractivity contribution in [2.24, 2.45) is 0 Å². The minimum atomic E-state index is 0.646. The van der Waals surface area contributed by atoms with Crippen LogP contribution in [-0.2, 0) is 0 Å². The van der Waals surface area contributed by atoms with Crippen molar-refractivity contribution in [1.82, 2.24) is 9.97 Å². The fraction of sp³-hybridized carbons (Fsp3) is 0. The van der Waals surface area contributed by atoms with Crippen LogP contribution in [0.3, 0.4) is 0 Å². The van der Waals surface area contributed by atoms with E-state index in [2.05, 4.69) is 16.0 Å². The molecular formula is C12H7N3S. The summed E-state index contributed by atoms with van der Waals surface area (Å²) < 4.78 is 0. The molecule has 3 rings (SSSR count). The smallest absolute Gasteiger partial charge is 0.139 e. The van der Waals surface area contributed by atoms with Gasteiger partial charge in [-0.3, -0.25) is 0 Å². The molecule has 3 aromatic rings. The standard InChI is InChI=1S/C12H7N3S/c13-6-8-1-2-10-11(5-8)15-12(14-10)9-3-4-16-7-9/h1-5,7H,(H,14,15). The molecule has 0 amide bonds. The molecule has 0 saturated carbocycles. The third kappa shape index (κ3) is 1.38. The molecule has 2 heterocycles. The molecule has 0 spiro atoms. The lowest BCUT2D eigenvalue weighted by Crippen LogP contribution is -1.74. The zero-order valence-electron chi connectivity index (χ0n) is 8.27. The number of rotatable bonds is 1. The molecule has 1 aromatic carbocycles. The van der Waals surface area contributed by atoms with Crippen LogP contribution in [-0.4, -0.2) is 9.97 Å². The van der Waals surface area contributed by atoms with Gasteiger partial charge in [-0.05, 0) is 29.6 Å². The molecule has 0 aliphatic heterocycles. The molecule has 0 bridgehead atoms. The highest BCUT2D eigenvalue weighted by Gasteiger charge is 2.05. The van der Waals surface area contributed by atoms with E-state index < -0.39 is 0 Å². The SMILES string of the molecule is N#Cc1ccc2nc(-c3ccsc3)[nH]c2c1. The average Bonchev–Trinajstić information content (AvgIpc) is 2.96. The van der Waals surface area contributed by atoms with Gasteiger partial charge in [-0.25, -0.2) is 4.98 Å². The van der Waals surface area contributed by atoms with Gasteiger partial charge in [0.25, 0.3) is 0 Å². The molecule has 0 fully saturated rings. The maximum atomic E-state index is 8.81. The Balaban J connectivity index is 2.20. The van der Waals surface area contributed by atoms with Gasteiger partial charge in [-0.1, -0.05) is 0 Å². The van der Waals surface area contributed by atoms with E-state index in [0.717, 1.165) is 22.4 Å². The van der Waals surface area contributed by atoms with Crippen LogP contribution in [0.2, 0.25) is 0 Å². The fourth-order valence-corrected chi connectivity index (χ4v) is 2.26. The van der Waals surface area contributed by atoms with E-state index >= 15 is 0 Å². The lowest BCUT2D eigenvalue weighted by atomic mass is 10.2. The molecule has 0 unspecified atom stereocenters. The summed E-state index contributed by atoms with van der Waals surface area (Å²) in [5.74, 6) is 0.853. The minimum Gasteiger partial charge on any atom is -0.338 e. The molecule has 0 radical (unpaired) electrons. The number of nitriles is 1. The van der Waals surface area contributed by atoms with Crippen LogP contribution in [0.5, 0.6) is 0 Å². The van der Waals surface area contributed by atoms with E-state index in [9.17, 15) is 0 Å². The van der Waals surface area contributed by atoms with Crippen molar-refractivity contribution in [1.29, 1.82) is 5.26 Å². The van der Waals surface area contributed by atoms with Gasteiger partial charge in [0, 0.05) is 10.9 Å². The molecule has 16 heavy (non-hydrogen) atoms. The van der Waals surface area contributed by atoms with Crippen LogP contribution >= 0.6 is 11.3 Å². The van der Waals surface area contributed by atoms with Crippen LogP contribution in [0, 0.1) is 11.3 Å². The number of nitrogens with zero attached hydrogens (tertiary/aromatic N) is 2. The Morgan fingerprint density at radius 2 is 2.25 bits per heavy atom. The summed E-state index contributed by atoms with van der Waals surface area (Å²) in [6.07, 6.45) is 0. The fourth-order valence-electron chi connectivity index (χ4n) is 1.62. The molecular weight excluding hydrogens is 218 g/mol. The molecule has 0 atom stereocenters. The second-order valence-electron chi connectivity index (χ2n) is 3.44. The molecule has 3 nitrogen and oxygen atoms in total. The number of aromatic amines is 1. The van der Waals surface area contributed by atoms with E-state index in [1.165, 1.54) is 0 Å². The Morgan fingerprint density at radius 3 is 3.00 bits per heavy atom. The first kappa shape index (κ1) is 9.13. The number of hydrogen-bond acceptors (Lipinski definition) is 3. The van der Waals surface area contributed by atoms with Crippen molar-refractivity contribution in [3.63, 3.8) is 0 Å². The lowest BCUT2D eigenvalue weighted by Gasteiger charge is -1.87. The lowest BCUT2D eigenvalue weighted by molar-refractivity contribution is 1.35. The van der Waals surface area contributed by atoms with Crippen molar-refractivity contribution in [2.75, 3.05) is 0 Å². The van der Waals surface area contributed by atoms with Crippen molar-refractivity contribution in [3.8, 4) is 17.5 Å². The predicted molar refractivity (Wildman–Crippen MR) is 64.1 cm³/mol. The Labute approximate surface area is 96.0 Å². The highest BCUT2D eigenvalue weighted by molar-refractivity contribution is 7.08. The first-order valence-corrected chi connectivity index (χ1v) is 5.73. The van der Waals surface area contributed by atoms with Crippen molar-refractivity contribution >= 4 is 22.4 Å². The zero-order chi connectivity index (χ0) is 11.0. The third-order valence-electron chi connectivity index (χ3n) is 2.41. The van der Waals surface area contributed by atoms with Crippen molar-refractivity contribution in [3.05, 3.63) is 40.6 Å². The monoisotopic (exact) mass is 225 g/mol. The maximum absolute atomic E-state index is 8.81. The van der Waals surface area contributed by atoms with Gasteiger partial charge in [0.15, 0.2) is 0 Å². The number of thiophene rings is 1. The molecule has 76 valence electrons. The van der Waals surface area contributed by atoms with Crippen molar-refractivity contribution in [2.45, 2.75) is 0 Å². The molecule has 0 aliphatic carbocycles. The van der Waals surface area contributed by atoms with Gasteiger partial charge >= 0.3 is 0 Å². The number of aromatic nitrogens is 2. The molecule has 0 saturated heterocycles. The summed E-state index contributed by atoms with van der Waals surface area (Å²) in [6.45, 7) is 0. The largest absolute Gasteiger partial charge is 0.338 e. The van der Waals surface area contributed by atoms with Crippen LogP contribution in [0.15, 0.2) is 35.0 Å². The van der Waals surface area contributed by atoms with Crippen LogP contribution in [0.1, 0.15) is 5.56 Å². The normalized spacial score (nSPS) is 10.4. The van der Waals surface area contributed by atoms with E-state index in [1.807, 2.05) is 29.0 Å². The Kier molecular flexibility index (Phi) is 1.98. The van der Waals surface area contributed by atoms with E-state index in [1.54, 1.807) is 17.4 Å². The van der Waals surface area contributed by atoms with Gasteiger partial charge in [0.1, 0.15) is 5.82 Å². The Bertz CT molecular complexity index is 674. The molecule has 0 aliphatic rings. The van der Waals surface area contributed by atoms with Gasteiger partial charge in [0.05, 0.1) is 22.7 Å². The molecule has 4 heteroatoms. The average molecular weight is 225 g/mol. The summed E-state index contributed by atoms with van der Waals surface area (Å²) in [6, 6.07) is 9.60. The van der Waals surface area contributed by atoms with Gasteiger partial charge in [-0.15, -0.1) is 0 Å². The van der Waals surface area contributed by atoms with Crippen molar-refractivity contribution < 1.29 is 0 Å². The maximum Gasteiger partial charge on any atom is 0.139 e. The van der Waals surface area contributed by atoms with Gasteiger partial charge < -0.3 is 4.98 Å². The third-order valence-corrected chi connectivity index (χ3v) is 3.09. The van der Waals surface area contributed by atoms with Gasteiger partial charge in [0.2, 0.25) is 0 Å². The van der Waals surface area contributed by atoms with Crippen LogP contribution < -0.4 is 0 Å². The second kappa shape index (κ2) is 3.47.